The van der Waals surface area contributed by atoms with E-state index in [4.69, 9.17) is 9.94 Å². The van der Waals surface area contributed by atoms with E-state index in [9.17, 15) is 9.59 Å². The summed E-state index contributed by atoms with van der Waals surface area (Å²) in [6.45, 7) is 1.12. The Hall–Kier alpha value is -1.36. The van der Waals surface area contributed by atoms with Crippen molar-refractivity contribution in [3.05, 3.63) is 12.2 Å². The molecule has 1 fully saturated rings. The Morgan fingerprint density at radius 2 is 1.88 bits per heavy atom. The first-order chi connectivity index (χ1) is 8.20. The van der Waals surface area contributed by atoms with Crippen molar-refractivity contribution in [3.63, 3.8) is 0 Å². The van der Waals surface area contributed by atoms with Gasteiger partial charge in [-0.1, -0.05) is 12.2 Å². The minimum Gasteiger partial charge on any atom is -0.481 e. The SMILES string of the molecule is O=C(O)[C@H]1CC=CC[C@H]1C(=O)N1CCCCO1. The standard InChI is InChI=1S/C12H17NO4/c14-11(13-7-3-4-8-17-13)9-5-1-2-6-10(9)12(15)16/h1-2,9-10H,3-8H2,(H,15,16)/t9-,10+/m1/s1. The molecular weight excluding hydrogens is 222 g/mol. The van der Waals surface area contributed by atoms with Crippen molar-refractivity contribution in [1.29, 1.82) is 0 Å². The van der Waals surface area contributed by atoms with Crippen LogP contribution in [-0.4, -0.2) is 35.2 Å². The summed E-state index contributed by atoms with van der Waals surface area (Å²) in [6.07, 6.45) is 6.52. The molecule has 1 aliphatic carbocycles. The predicted molar refractivity (Wildman–Crippen MR) is 59.9 cm³/mol. The van der Waals surface area contributed by atoms with E-state index in [2.05, 4.69) is 0 Å². The van der Waals surface area contributed by atoms with Gasteiger partial charge in [-0.05, 0) is 25.7 Å². The van der Waals surface area contributed by atoms with Gasteiger partial charge in [0.2, 0.25) is 5.91 Å². The van der Waals surface area contributed by atoms with Crippen molar-refractivity contribution in [2.24, 2.45) is 11.8 Å². The number of carbonyl (C=O) groups excluding carboxylic acids is 1. The van der Waals surface area contributed by atoms with Crippen LogP contribution in [0.2, 0.25) is 0 Å². The molecule has 5 nitrogen and oxygen atoms in total. The highest BCUT2D eigenvalue weighted by molar-refractivity contribution is 5.84. The number of amides is 1. The number of rotatable bonds is 2. The molecular formula is C12H17NO4. The second kappa shape index (κ2) is 5.31. The fourth-order valence-electron chi connectivity index (χ4n) is 2.32. The fourth-order valence-corrected chi connectivity index (χ4v) is 2.32. The Balaban J connectivity index is 2.05. The number of hydroxylamine groups is 2. The Morgan fingerprint density at radius 1 is 1.18 bits per heavy atom. The van der Waals surface area contributed by atoms with E-state index >= 15 is 0 Å². The number of carboxylic acid groups (broad SMARTS) is 1. The zero-order valence-electron chi connectivity index (χ0n) is 9.67. The maximum atomic E-state index is 12.2. The van der Waals surface area contributed by atoms with Gasteiger partial charge in [0.05, 0.1) is 18.4 Å². The van der Waals surface area contributed by atoms with Crippen molar-refractivity contribution < 1.29 is 19.5 Å². The molecule has 0 aromatic rings. The average Bonchev–Trinajstić information content (AvgIpc) is 2.39. The van der Waals surface area contributed by atoms with Crippen LogP contribution in [0.3, 0.4) is 0 Å². The largest absolute Gasteiger partial charge is 0.481 e. The maximum Gasteiger partial charge on any atom is 0.307 e. The number of allylic oxidation sites excluding steroid dienone is 2. The van der Waals surface area contributed by atoms with Gasteiger partial charge < -0.3 is 5.11 Å². The zero-order chi connectivity index (χ0) is 12.3. The van der Waals surface area contributed by atoms with Gasteiger partial charge >= 0.3 is 5.97 Å². The molecule has 0 bridgehead atoms. The molecule has 94 valence electrons. The normalized spacial score (nSPS) is 29.1. The van der Waals surface area contributed by atoms with Crippen molar-refractivity contribution in [2.45, 2.75) is 25.7 Å². The zero-order valence-corrected chi connectivity index (χ0v) is 9.67. The molecule has 0 radical (unpaired) electrons. The average molecular weight is 239 g/mol. The summed E-state index contributed by atoms with van der Waals surface area (Å²) in [7, 11) is 0. The van der Waals surface area contributed by atoms with Gasteiger partial charge in [-0.25, -0.2) is 5.06 Å². The Bertz CT molecular complexity index is 333. The van der Waals surface area contributed by atoms with E-state index < -0.39 is 17.8 Å². The summed E-state index contributed by atoms with van der Waals surface area (Å²) >= 11 is 0. The second-order valence-corrected chi connectivity index (χ2v) is 4.47. The Kier molecular flexibility index (Phi) is 3.78. The van der Waals surface area contributed by atoms with Crippen molar-refractivity contribution in [1.82, 2.24) is 5.06 Å². The lowest BCUT2D eigenvalue weighted by atomic mass is 9.82. The number of aliphatic carboxylic acids is 1. The smallest absolute Gasteiger partial charge is 0.307 e. The van der Waals surface area contributed by atoms with Gasteiger partial charge in [0.25, 0.3) is 0 Å². The van der Waals surface area contributed by atoms with E-state index in [1.54, 1.807) is 0 Å². The van der Waals surface area contributed by atoms with Crippen molar-refractivity contribution in [2.75, 3.05) is 13.2 Å². The van der Waals surface area contributed by atoms with Crippen LogP contribution in [0.4, 0.5) is 0 Å². The second-order valence-electron chi connectivity index (χ2n) is 4.47. The highest BCUT2D eigenvalue weighted by Gasteiger charge is 2.37. The third-order valence-electron chi connectivity index (χ3n) is 3.32. The monoisotopic (exact) mass is 239 g/mol. The van der Waals surface area contributed by atoms with Gasteiger partial charge in [0.15, 0.2) is 0 Å². The highest BCUT2D eigenvalue weighted by atomic mass is 16.7. The summed E-state index contributed by atoms with van der Waals surface area (Å²) in [6, 6.07) is 0. The molecule has 0 saturated carbocycles. The molecule has 5 heteroatoms. The first-order valence-electron chi connectivity index (χ1n) is 6.02. The molecule has 1 N–H and O–H groups in total. The first-order valence-corrected chi connectivity index (χ1v) is 6.02. The molecule has 17 heavy (non-hydrogen) atoms. The van der Waals surface area contributed by atoms with E-state index in [1.807, 2.05) is 12.2 Å². The summed E-state index contributed by atoms with van der Waals surface area (Å²) in [4.78, 5) is 28.6. The van der Waals surface area contributed by atoms with Crippen LogP contribution in [0.25, 0.3) is 0 Å². The summed E-state index contributed by atoms with van der Waals surface area (Å²) in [5, 5.41) is 10.5. The summed E-state index contributed by atoms with van der Waals surface area (Å²) < 4.78 is 0. The number of carboxylic acids is 1. The minimum absolute atomic E-state index is 0.179. The molecule has 1 heterocycles. The van der Waals surface area contributed by atoms with Crippen LogP contribution in [0.5, 0.6) is 0 Å². The molecule has 0 aromatic heterocycles. The van der Waals surface area contributed by atoms with Crippen LogP contribution < -0.4 is 0 Å². The Labute approximate surface area is 100.0 Å². The molecule has 1 saturated heterocycles. The fraction of sp³-hybridized carbons (Fsp3) is 0.667. The lowest BCUT2D eigenvalue weighted by Crippen LogP contribution is -2.43. The van der Waals surface area contributed by atoms with E-state index in [0.29, 0.717) is 26.0 Å². The molecule has 0 unspecified atom stereocenters. The number of nitrogens with zero attached hydrogens (tertiary/aromatic N) is 1. The van der Waals surface area contributed by atoms with Gasteiger partial charge in [-0.15, -0.1) is 0 Å². The van der Waals surface area contributed by atoms with Crippen molar-refractivity contribution >= 4 is 11.9 Å². The number of carbonyl (C=O) groups is 2. The van der Waals surface area contributed by atoms with Crippen LogP contribution in [0.1, 0.15) is 25.7 Å². The first kappa shape index (κ1) is 12.1. The van der Waals surface area contributed by atoms with E-state index in [1.165, 1.54) is 5.06 Å². The molecule has 2 atom stereocenters. The molecule has 0 aromatic carbocycles. The van der Waals surface area contributed by atoms with Gasteiger partial charge in [0, 0.05) is 6.54 Å². The topological polar surface area (TPSA) is 66.8 Å². The summed E-state index contributed by atoms with van der Waals surface area (Å²) in [5.41, 5.74) is 0. The van der Waals surface area contributed by atoms with Crippen LogP contribution >= 0.6 is 0 Å². The predicted octanol–water partition coefficient (Wildman–Crippen LogP) is 1.21. The third kappa shape index (κ3) is 2.66. The molecule has 0 spiro atoms. The lowest BCUT2D eigenvalue weighted by molar-refractivity contribution is -0.203. The molecule has 2 aliphatic rings. The third-order valence-corrected chi connectivity index (χ3v) is 3.32. The van der Waals surface area contributed by atoms with Crippen LogP contribution in [0, 0.1) is 11.8 Å². The number of hydrogen-bond donors (Lipinski definition) is 1. The minimum atomic E-state index is -0.898. The van der Waals surface area contributed by atoms with Gasteiger partial charge in [-0.2, -0.15) is 0 Å². The lowest BCUT2D eigenvalue weighted by Gasteiger charge is -2.32. The van der Waals surface area contributed by atoms with Gasteiger partial charge in [0.1, 0.15) is 0 Å². The van der Waals surface area contributed by atoms with E-state index in [0.717, 1.165) is 12.8 Å². The molecule has 1 aliphatic heterocycles. The van der Waals surface area contributed by atoms with Crippen molar-refractivity contribution in [3.8, 4) is 0 Å². The molecule has 2 rings (SSSR count). The van der Waals surface area contributed by atoms with Crippen LogP contribution in [-0.2, 0) is 14.4 Å². The van der Waals surface area contributed by atoms with E-state index in [-0.39, 0.29) is 5.91 Å². The maximum absolute atomic E-state index is 12.2. The Morgan fingerprint density at radius 3 is 2.47 bits per heavy atom. The summed E-state index contributed by atoms with van der Waals surface area (Å²) in [5.74, 6) is -2.17. The highest BCUT2D eigenvalue weighted by Crippen LogP contribution is 2.28. The number of hydrogen-bond acceptors (Lipinski definition) is 3. The molecule has 1 amide bonds. The van der Waals surface area contributed by atoms with Crippen LogP contribution in [0.15, 0.2) is 12.2 Å². The quantitative estimate of drug-likeness (QED) is 0.735. The van der Waals surface area contributed by atoms with Gasteiger partial charge in [-0.3, -0.25) is 14.4 Å².